The van der Waals surface area contributed by atoms with Gasteiger partial charge in [0.25, 0.3) is 6.43 Å². The summed E-state index contributed by atoms with van der Waals surface area (Å²) in [6.07, 6.45) is 7.67. The van der Waals surface area contributed by atoms with Gasteiger partial charge in [-0.05, 0) is 82.9 Å². The highest BCUT2D eigenvalue weighted by Crippen LogP contribution is 2.35. The van der Waals surface area contributed by atoms with Gasteiger partial charge in [0, 0.05) is 43.3 Å². The third-order valence-electron chi connectivity index (χ3n) is 9.38. The molecule has 6 rings (SSSR count). The molecule has 0 spiro atoms. The number of likely N-dealkylation sites (tertiary alicyclic amines) is 1. The van der Waals surface area contributed by atoms with Crippen molar-refractivity contribution in [2.24, 2.45) is 5.92 Å². The van der Waals surface area contributed by atoms with E-state index in [0.29, 0.717) is 18.6 Å². The van der Waals surface area contributed by atoms with Crippen molar-refractivity contribution in [3.05, 3.63) is 41.3 Å². The number of nitrogen functional groups attached to an aromatic ring is 1. The van der Waals surface area contributed by atoms with E-state index in [1.165, 1.54) is 11.9 Å². The highest BCUT2D eigenvalue weighted by atomic mass is 19.3. The minimum atomic E-state index is -2.62. The number of nitrogens with zero attached hydrogens (tertiary/aromatic N) is 5. The molecule has 2 aliphatic heterocycles. The van der Waals surface area contributed by atoms with Gasteiger partial charge in [0.05, 0.1) is 35.1 Å². The van der Waals surface area contributed by atoms with Gasteiger partial charge in [0.15, 0.2) is 5.69 Å². The lowest BCUT2D eigenvalue weighted by atomic mass is 9.85. The van der Waals surface area contributed by atoms with Crippen LogP contribution in [0.3, 0.4) is 0 Å². The minimum Gasteiger partial charge on any atom is -0.396 e. The fourth-order valence-electron chi connectivity index (χ4n) is 7.08. The normalized spacial score (nSPS) is 24.2. The highest BCUT2D eigenvalue weighted by Gasteiger charge is 2.28. The van der Waals surface area contributed by atoms with E-state index in [1.54, 1.807) is 10.9 Å². The Hall–Kier alpha value is -3.00. The van der Waals surface area contributed by atoms with Gasteiger partial charge in [-0.1, -0.05) is 17.9 Å². The van der Waals surface area contributed by atoms with Gasteiger partial charge in [-0.15, -0.1) is 0 Å². The second kappa shape index (κ2) is 13.1. The summed E-state index contributed by atoms with van der Waals surface area (Å²) >= 11 is 0. The fraction of sp³-hybridized carbons (Fsp3) is 0.625. The first-order valence-corrected chi connectivity index (χ1v) is 15.6. The lowest BCUT2D eigenvalue weighted by Gasteiger charge is -2.36. The Bertz CT molecular complexity index is 1400. The van der Waals surface area contributed by atoms with E-state index in [2.05, 4.69) is 57.0 Å². The number of benzene rings is 1. The Morgan fingerprint density at radius 1 is 1.07 bits per heavy atom. The quantitative estimate of drug-likeness (QED) is 0.372. The number of hydrogen-bond donors (Lipinski definition) is 2. The van der Waals surface area contributed by atoms with Gasteiger partial charge in [-0.3, -0.25) is 9.36 Å². The third-order valence-corrected chi connectivity index (χ3v) is 9.38. The molecule has 226 valence electrons. The van der Waals surface area contributed by atoms with Crippen molar-refractivity contribution in [1.82, 2.24) is 29.8 Å². The number of nitrogens with two attached hydrogens (primary N) is 1. The van der Waals surface area contributed by atoms with Crippen molar-refractivity contribution < 1.29 is 13.5 Å². The van der Waals surface area contributed by atoms with Crippen molar-refractivity contribution in [1.29, 1.82) is 0 Å². The maximum Gasteiger partial charge on any atom is 0.284 e. The van der Waals surface area contributed by atoms with Crippen LogP contribution in [0, 0.1) is 24.7 Å². The number of piperidine rings is 2. The van der Waals surface area contributed by atoms with E-state index < -0.39 is 6.43 Å². The number of alkyl halides is 2. The largest absolute Gasteiger partial charge is 0.396 e. The molecule has 1 unspecified atom stereocenters. The van der Waals surface area contributed by atoms with Gasteiger partial charge in [0.2, 0.25) is 0 Å². The lowest BCUT2D eigenvalue weighted by molar-refractivity contribution is 0.0187. The Labute approximate surface area is 246 Å². The van der Waals surface area contributed by atoms with Crippen LogP contribution >= 0.6 is 0 Å². The lowest BCUT2D eigenvalue weighted by Crippen LogP contribution is -2.40. The average Bonchev–Trinajstić information content (AvgIpc) is 3.57. The maximum absolute atomic E-state index is 13.1. The van der Waals surface area contributed by atoms with Crippen LogP contribution in [0.15, 0.2) is 24.4 Å². The Morgan fingerprint density at radius 2 is 1.88 bits per heavy atom. The number of ether oxygens (including phenoxy) is 1. The molecule has 42 heavy (non-hydrogen) atoms. The van der Waals surface area contributed by atoms with Crippen LogP contribution in [0.25, 0.3) is 10.9 Å². The molecule has 3 aromatic rings. The molecule has 0 radical (unpaired) electrons. The number of aromatic nitrogens is 4. The standard InChI is InChI=1S/C32H43F2N7O/c1-22-30-24(5-2-8-29(30)41(37-22)26-7-3-15-36-19-26)6-4-18-42-27-13-16-39(17-14-27)20-23-9-11-25(12-10-23)40-21-28(35)31(38-40)32(33)34/h2,5,8,21,23,25-27,32,36H,3,7,9-20,35H2,1H3. The summed E-state index contributed by atoms with van der Waals surface area (Å²) in [5, 5.41) is 13.6. The summed E-state index contributed by atoms with van der Waals surface area (Å²) in [6.45, 7) is 7.75. The van der Waals surface area contributed by atoms with Gasteiger partial charge < -0.3 is 20.7 Å². The van der Waals surface area contributed by atoms with E-state index in [0.717, 1.165) is 94.3 Å². The summed E-state index contributed by atoms with van der Waals surface area (Å²) in [5.74, 6) is 7.27. The predicted octanol–water partition coefficient (Wildman–Crippen LogP) is 5.25. The van der Waals surface area contributed by atoms with Crippen molar-refractivity contribution in [2.45, 2.75) is 82.9 Å². The molecule has 2 saturated heterocycles. The van der Waals surface area contributed by atoms with E-state index >= 15 is 0 Å². The zero-order valence-electron chi connectivity index (χ0n) is 24.6. The number of aryl methyl sites for hydroxylation is 1. The second-order valence-electron chi connectivity index (χ2n) is 12.3. The van der Waals surface area contributed by atoms with Crippen LogP contribution in [0.4, 0.5) is 14.5 Å². The van der Waals surface area contributed by atoms with Crippen molar-refractivity contribution >= 4 is 16.6 Å². The molecule has 1 saturated carbocycles. The molecular formula is C32H43F2N7O. The molecule has 3 fully saturated rings. The summed E-state index contributed by atoms with van der Waals surface area (Å²) in [5.41, 5.74) is 8.77. The number of fused-ring (bicyclic) bond motifs is 1. The second-order valence-corrected chi connectivity index (χ2v) is 12.3. The number of halogens is 2. The summed E-state index contributed by atoms with van der Waals surface area (Å²) in [6, 6.07) is 6.89. The Morgan fingerprint density at radius 3 is 2.60 bits per heavy atom. The molecule has 0 bridgehead atoms. The third kappa shape index (κ3) is 6.48. The van der Waals surface area contributed by atoms with Gasteiger partial charge in [-0.25, -0.2) is 8.78 Å². The minimum absolute atomic E-state index is 0.0930. The summed E-state index contributed by atoms with van der Waals surface area (Å²) in [7, 11) is 0. The summed E-state index contributed by atoms with van der Waals surface area (Å²) in [4.78, 5) is 2.56. The first kappa shape index (κ1) is 29.1. The van der Waals surface area contributed by atoms with Crippen LogP contribution in [-0.4, -0.2) is 69.9 Å². The van der Waals surface area contributed by atoms with E-state index in [-0.39, 0.29) is 23.5 Å². The highest BCUT2D eigenvalue weighted by molar-refractivity contribution is 5.88. The molecule has 3 N–H and O–H groups in total. The van der Waals surface area contributed by atoms with Crippen molar-refractivity contribution in [3.63, 3.8) is 0 Å². The maximum atomic E-state index is 13.1. The molecule has 10 heteroatoms. The monoisotopic (exact) mass is 579 g/mol. The first-order valence-electron chi connectivity index (χ1n) is 15.6. The number of hydrogen-bond acceptors (Lipinski definition) is 6. The number of rotatable bonds is 7. The first-order chi connectivity index (χ1) is 20.5. The Kier molecular flexibility index (Phi) is 9.08. The van der Waals surface area contributed by atoms with Crippen LogP contribution < -0.4 is 11.1 Å². The molecule has 2 aromatic heterocycles. The zero-order chi connectivity index (χ0) is 29.1. The smallest absolute Gasteiger partial charge is 0.284 e. The van der Waals surface area contributed by atoms with Crippen LogP contribution in [0.1, 0.15) is 86.8 Å². The van der Waals surface area contributed by atoms with Crippen molar-refractivity contribution in [3.8, 4) is 11.8 Å². The number of anilines is 1. The molecule has 1 atom stereocenters. The molecule has 8 nitrogen and oxygen atoms in total. The van der Waals surface area contributed by atoms with E-state index in [1.807, 2.05) is 0 Å². The molecule has 4 heterocycles. The van der Waals surface area contributed by atoms with E-state index in [9.17, 15) is 8.78 Å². The predicted molar refractivity (Wildman–Crippen MR) is 160 cm³/mol. The molecular weight excluding hydrogens is 536 g/mol. The van der Waals surface area contributed by atoms with Crippen molar-refractivity contribution in [2.75, 3.05) is 45.1 Å². The SMILES string of the molecule is Cc1nn(C2CCCNC2)c2cccc(C#CCOC3CCN(CC4CCC(n5cc(N)c(C(F)F)n5)CC4)CC3)c12. The summed E-state index contributed by atoms with van der Waals surface area (Å²) < 4.78 is 36.1. The molecule has 3 aliphatic rings. The molecule has 0 amide bonds. The topological polar surface area (TPSA) is 86.2 Å². The average molecular weight is 580 g/mol. The van der Waals surface area contributed by atoms with Crippen LogP contribution in [0.2, 0.25) is 0 Å². The Balaban J connectivity index is 0.944. The zero-order valence-corrected chi connectivity index (χ0v) is 24.6. The van der Waals surface area contributed by atoms with Gasteiger partial charge in [0.1, 0.15) is 6.61 Å². The van der Waals surface area contributed by atoms with Crippen LogP contribution in [0.5, 0.6) is 0 Å². The molecule has 1 aliphatic carbocycles. The molecule has 1 aromatic carbocycles. The van der Waals surface area contributed by atoms with Crippen LogP contribution in [-0.2, 0) is 4.74 Å². The van der Waals surface area contributed by atoms with E-state index in [4.69, 9.17) is 15.6 Å². The van der Waals surface area contributed by atoms with Gasteiger partial charge >= 0.3 is 0 Å². The van der Waals surface area contributed by atoms with Gasteiger partial charge in [-0.2, -0.15) is 10.2 Å². The number of nitrogens with one attached hydrogen (secondary N) is 1. The fourth-order valence-corrected chi connectivity index (χ4v) is 7.08.